The summed E-state index contributed by atoms with van der Waals surface area (Å²) in [5, 5.41) is 5.73. The number of amides is 2. The lowest BCUT2D eigenvalue weighted by Gasteiger charge is -2.17. The van der Waals surface area contributed by atoms with Crippen molar-refractivity contribution in [3.63, 3.8) is 0 Å². The van der Waals surface area contributed by atoms with Crippen LogP contribution in [0.3, 0.4) is 0 Å². The van der Waals surface area contributed by atoms with E-state index in [1.165, 1.54) is 30.8 Å². The Labute approximate surface area is 166 Å². The van der Waals surface area contributed by atoms with Crippen LogP contribution in [-0.2, 0) is 0 Å². The molecular formula is C22H28N4O2. The van der Waals surface area contributed by atoms with Crippen molar-refractivity contribution in [3.8, 4) is 0 Å². The Kier molecular flexibility index (Phi) is 7.00. The van der Waals surface area contributed by atoms with E-state index in [0.29, 0.717) is 17.8 Å². The van der Waals surface area contributed by atoms with Crippen LogP contribution in [0.15, 0.2) is 42.6 Å². The van der Waals surface area contributed by atoms with Gasteiger partial charge in [-0.25, -0.2) is 0 Å². The maximum atomic E-state index is 12.5. The molecule has 1 aliphatic rings. The fraction of sp³-hybridized carbons (Fsp3) is 0.409. The molecule has 0 spiro atoms. The normalized spacial score (nSPS) is 13.4. The first-order valence-corrected chi connectivity index (χ1v) is 10.1. The molecule has 0 atom stereocenters. The minimum absolute atomic E-state index is 0.178. The summed E-state index contributed by atoms with van der Waals surface area (Å²) < 4.78 is 0. The van der Waals surface area contributed by atoms with Gasteiger partial charge < -0.3 is 15.5 Å². The Morgan fingerprint density at radius 1 is 1.04 bits per heavy atom. The van der Waals surface area contributed by atoms with Gasteiger partial charge in [0.05, 0.1) is 0 Å². The van der Waals surface area contributed by atoms with Gasteiger partial charge in [-0.3, -0.25) is 14.6 Å². The number of rotatable bonds is 8. The van der Waals surface area contributed by atoms with Crippen molar-refractivity contribution < 1.29 is 9.59 Å². The van der Waals surface area contributed by atoms with Gasteiger partial charge in [0.25, 0.3) is 11.8 Å². The first kappa shape index (κ1) is 19.9. The highest BCUT2D eigenvalue weighted by Gasteiger charge is 2.14. The van der Waals surface area contributed by atoms with Crippen LogP contribution in [0.2, 0.25) is 0 Å². The molecule has 1 aromatic carbocycles. The molecule has 148 valence electrons. The molecule has 0 bridgehead atoms. The van der Waals surface area contributed by atoms with Crippen LogP contribution >= 0.6 is 0 Å². The first-order valence-electron chi connectivity index (χ1n) is 10.1. The van der Waals surface area contributed by atoms with Gasteiger partial charge in [0.1, 0.15) is 5.69 Å². The van der Waals surface area contributed by atoms with Gasteiger partial charge in [0.2, 0.25) is 0 Å². The summed E-state index contributed by atoms with van der Waals surface area (Å²) in [6, 6.07) is 11.0. The predicted molar refractivity (Wildman–Crippen MR) is 112 cm³/mol. The van der Waals surface area contributed by atoms with E-state index in [1.54, 1.807) is 6.07 Å². The van der Waals surface area contributed by atoms with Crippen molar-refractivity contribution in [2.75, 3.05) is 29.9 Å². The van der Waals surface area contributed by atoms with Gasteiger partial charge in [-0.15, -0.1) is 0 Å². The van der Waals surface area contributed by atoms with E-state index < -0.39 is 0 Å². The number of carbonyl (C=O) groups is 2. The maximum Gasteiger partial charge on any atom is 0.274 e. The number of pyridine rings is 1. The second-order valence-electron chi connectivity index (χ2n) is 7.09. The molecule has 0 radical (unpaired) electrons. The smallest absolute Gasteiger partial charge is 0.274 e. The summed E-state index contributed by atoms with van der Waals surface area (Å²) in [7, 11) is 0. The fourth-order valence-electron chi connectivity index (χ4n) is 3.30. The van der Waals surface area contributed by atoms with Crippen molar-refractivity contribution in [1.82, 2.24) is 10.3 Å². The summed E-state index contributed by atoms with van der Waals surface area (Å²) in [5.74, 6) is -0.503. The van der Waals surface area contributed by atoms with Crippen molar-refractivity contribution in [1.29, 1.82) is 0 Å². The van der Waals surface area contributed by atoms with Crippen LogP contribution in [0.1, 0.15) is 59.9 Å². The topological polar surface area (TPSA) is 74.3 Å². The maximum absolute atomic E-state index is 12.5. The van der Waals surface area contributed by atoms with Crippen molar-refractivity contribution in [3.05, 3.63) is 53.9 Å². The van der Waals surface area contributed by atoms with Gasteiger partial charge in [-0.05, 0) is 55.7 Å². The molecule has 0 aliphatic carbocycles. The van der Waals surface area contributed by atoms with E-state index in [9.17, 15) is 9.59 Å². The van der Waals surface area contributed by atoms with Crippen LogP contribution < -0.4 is 15.5 Å². The number of aromatic nitrogens is 1. The quantitative estimate of drug-likeness (QED) is 0.682. The number of hydrogen-bond acceptors (Lipinski definition) is 4. The summed E-state index contributed by atoms with van der Waals surface area (Å²) in [6.45, 7) is 4.93. The third-order valence-corrected chi connectivity index (χ3v) is 4.92. The Morgan fingerprint density at radius 3 is 2.50 bits per heavy atom. The molecular weight excluding hydrogens is 352 g/mol. The highest BCUT2D eigenvalue weighted by atomic mass is 16.2. The third-order valence-electron chi connectivity index (χ3n) is 4.92. The lowest BCUT2D eigenvalue weighted by atomic mass is 10.2. The van der Waals surface area contributed by atoms with E-state index in [2.05, 4.69) is 27.4 Å². The summed E-state index contributed by atoms with van der Waals surface area (Å²) in [6.07, 6.45) is 7.09. The number of nitrogens with zero attached hydrogens (tertiary/aromatic N) is 2. The summed E-state index contributed by atoms with van der Waals surface area (Å²) >= 11 is 0. The number of anilines is 2. The molecule has 0 saturated carbocycles. The molecule has 1 saturated heterocycles. The SMILES string of the molecule is CCCCCNC(=O)c1ccnc(C(=O)Nc2ccc(N3CCCC3)cc2)c1. The molecule has 0 unspecified atom stereocenters. The lowest BCUT2D eigenvalue weighted by molar-refractivity contribution is 0.0953. The van der Waals surface area contributed by atoms with E-state index >= 15 is 0 Å². The van der Waals surface area contributed by atoms with Gasteiger partial charge in [0, 0.05) is 42.8 Å². The number of benzene rings is 1. The number of nitrogens with one attached hydrogen (secondary N) is 2. The van der Waals surface area contributed by atoms with Crippen molar-refractivity contribution in [2.45, 2.75) is 39.0 Å². The van der Waals surface area contributed by atoms with Gasteiger partial charge in [-0.1, -0.05) is 19.8 Å². The van der Waals surface area contributed by atoms with Gasteiger partial charge in [-0.2, -0.15) is 0 Å². The Balaban J connectivity index is 1.58. The average Bonchev–Trinajstić information content (AvgIpc) is 3.26. The second kappa shape index (κ2) is 9.88. The monoisotopic (exact) mass is 380 g/mol. The zero-order chi connectivity index (χ0) is 19.8. The molecule has 3 rings (SSSR count). The van der Waals surface area contributed by atoms with Crippen molar-refractivity contribution >= 4 is 23.2 Å². The third kappa shape index (κ3) is 5.31. The molecule has 2 amide bonds. The zero-order valence-corrected chi connectivity index (χ0v) is 16.4. The molecule has 1 fully saturated rings. The molecule has 6 nitrogen and oxygen atoms in total. The van der Waals surface area contributed by atoms with E-state index in [-0.39, 0.29) is 17.5 Å². The molecule has 6 heteroatoms. The number of unbranched alkanes of at least 4 members (excludes halogenated alkanes) is 2. The van der Waals surface area contributed by atoms with Gasteiger partial charge in [0.15, 0.2) is 0 Å². The number of carbonyl (C=O) groups excluding carboxylic acids is 2. The van der Waals surface area contributed by atoms with Crippen molar-refractivity contribution in [2.24, 2.45) is 0 Å². The Hall–Kier alpha value is -2.89. The van der Waals surface area contributed by atoms with Crippen LogP contribution in [-0.4, -0.2) is 36.4 Å². The van der Waals surface area contributed by atoms with E-state index in [1.807, 2.05) is 24.3 Å². The minimum atomic E-state index is -0.324. The summed E-state index contributed by atoms with van der Waals surface area (Å²) in [4.78, 5) is 31.2. The number of hydrogen-bond donors (Lipinski definition) is 2. The molecule has 1 aliphatic heterocycles. The highest BCUT2D eigenvalue weighted by molar-refractivity contribution is 6.04. The molecule has 1 aromatic heterocycles. The Bertz CT molecular complexity index is 798. The zero-order valence-electron chi connectivity index (χ0n) is 16.4. The Morgan fingerprint density at radius 2 is 1.79 bits per heavy atom. The molecule has 2 N–H and O–H groups in total. The van der Waals surface area contributed by atoms with Crippen LogP contribution in [0.5, 0.6) is 0 Å². The van der Waals surface area contributed by atoms with Crippen LogP contribution in [0.25, 0.3) is 0 Å². The second-order valence-corrected chi connectivity index (χ2v) is 7.09. The van der Waals surface area contributed by atoms with Crippen LogP contribution in [0, 0.1) is 0 Å². The van der Waals surface area contributed by atoms with Crippen LogP contribution in [0.4, 0.5) is 11.4 Å². The molecule has 2 heterocycles. The van der Waals surface area contributed by atoms with E-state index in [4.69, 9.17) is 0 Å². The minimum Gasteiger partial charge on any atom is -0.372 e. The predicted octanol–water partition coefficient (Wildman–Crippen LogP) is 3.85. The van der Waals surface area contributed by atoms with Gasteiger partial charge >= 0.3 is 0 Å². The standard InChI is InChI=1S/C22H28N4O2/c1-2-3-4-12-24-21(27)17-11-13-23-20(16-17)22(28)25-18-7-9-19(10-8-18)26-14-5-6-15-26/h7-11,13,16H,2-6,12,14-15H2,1H3,(H,24,27)(H,25,28). The largest absolute Gasteiger partial charge is 0.372 e. The fourth-order valence-corrected chi connectivity index (χ4v) is 3.30. The van der Waals surface area contributed by atoms with E-state index in [0.717, 1.165) is 32.4 Å². The summed E-state index contributed by atoms with van der Waals surface area (Å²) in [5.41, 5.74) is 2.56. The molecule has 28 heavy (non-hydrogen) atoms. The highest BCUT2D eigenvalue weighted by Crippen LogP contribution is 2.22. The first-order chi connectivity index (χ1) is 13.7. The molecule has 2 aromatic rings. The average molecular weight is 380 g/mol. The lowest BCUT2D eigenvalue weighted by Crippen LogP contribution is -2.25.